The molecule has 0 aromatic carbocycles. The summed E-state index contributed by atoms with van der Waals surface area (Å²) in [4.78, 5) is 12.9. The summed E-state index contributed by atoms with van der Waals surface area (Å²) < 4.78 is 6.63. The Morgan fingerprint density at radius 3 is 2.83 bits per heavy atom. The minimum atomic E-state index is 0.788. The zero-order valence-corrected chi connectivity index (χ0v) is 11.6. The zero-order chi connectivity index (χ0) is 12.5. The van der Waals surface area contributed by atoms with Gasteiger partial charge in [-0.05, 0) is 19.4 Å². The molecule has 0 atom stereocenters. The summed E-state index contributed by atoms with van der Waals surface area (Å²) >= 11 is 1.82. The van der Waals surface area contributed by atoms with E-state index in [1.807, 2.05) is 18.3 Å². The molecule has 0 radical (unpaired) electrons. The van der Waals surface area contributed by atoms with Crippen LogP contribution in [0.5, 0.6) is 0 Å². The molecule has 1 saturated heterocycles. The molecule has 0 unspecified atom stereocenters. The van der Waals surface area contributed by atoms with Crippen molar-refractivity contribution in [3.63, 3.8) is 0 Å². The van der Waals surface area contributed by atoms with Crippen molar-refractivity contribution in [3.8, 4) is 0 Å². The van der Waals surface area contributed by atoms with Gasteiger partial charge < -0.3 is 9.64 Å². The SMILES string of the molecule is CCc1cc2nc(C)nc(N3CCOCC3)c2s1. The quantitative estimate of drug-likeness (QED) is 0.834. The second kappa shape index (κ2) is 4.82. The lowest BCUT2D eigenvalue weighted by Gasteiger charge is -2.28. The first-order valence-corrected chi connectivity index (χ1v) is 7.19. The van der Waals surface area contributed by atoms with E-state index in [-0.39, 0.29) is 0 Å². The van der Waals surface area contributed by atoms with Crippen molar-refractivity contribution in [2.75, 3.05) is 31.2 Å². The number of hydrogen-bond acceptors (Lipinski definition) is 5. The fourth-order valence-corrected chi connectivity index (χ4v) is 3.29. The Balaban J connectivity index is 2.10. The molecule has 5 heteroatoms. The van der Waals surface area contributed by atoms with E-state index in [9.17, 15) is 0 Å². The molecule has 1 aliphatic rings. The largest absolute Gasteiger partial charge is 0.378 e. The molecule has 3 heterocycles. The number of aryl methyl sites for hydroxylation is 2. The topological polar surface area (TPSA) is 38.2 Å². The van der Waals surface area contributed by atoms with Crippen molar-refractivity contribution >= 4 is 27.4 Å². The molecule has 0 saturated carbocycles. The van der Waals surface area contributed by atoms with Gasteiger partial charge in [-0.15, -0.1) is 11.3 Å². The summed E-state index contributed by atoms with van der Waals surface area (Å²) in [6.45, 7) is 7.56. The Kier molecular flexibility index (Phi) is 3.18. The first-order valence-electron chi connectivity index (χ1n) is 6.37. The van der Waals surface area contributed by atoms with Crippen LogP contribution < -0.4 is 4.90 Å². The van der Waals surface area contributed by atoms with Gasteiger partial charge in [0.25, 0.3) is 0 Å². The number of anilines is 1. The Hall–Kier alpha value is -1.20. The average molecular weight is 263 g/mol. The lowest BCUT2D eigenvalue weighted by Crippen LogP contribution is -2.36. The fraction of sp³-hybridized carbons (Fsp3) is 0.538. The normalized spacial score (nSPS) is 16.4. The standard InChI is InChI=1S/C13H17N3OS/c1-3-10-8-11-12(18-10)13(15-9(2)14-11)16-4-6-17-7-5-16/h8H,3-7H2,1-2H3. The Morgan fingerprint density at radius 2 is 2.11 bits per heavy atom. The van der Waals surface area contributed by atoms with E-state index in [1.54, 1.807) is 0 Å². The van der Waals surface area contributed by atoms with Gasteiger partial charge in [0.05, 0.1) is 23.4 Å². The van der Waals surface area contributed by atoms with Crippen LogP contribution in [0.15, 0.2) is 6.07 Å². The van der Waals surface area contributed by atoms with E-state index >= 15 is 0 Å². The van der Waals surface area contributed by atoms with Crippen molar-refractivity contribution in [1.29, 1.82) is 0 Å². The van der Waals surface area contributed by atoms with Crippen LogP contribution in [0, 0.1) is 6.92 Å². The van der Waals surface area contributed by atoms with Gasteiger partial charge in [0.15, 0.2) is 5.82 Å². The maximum absolute atomic E-state index is 5.41. The van der Waals surface area contributed by atoms with E-state index in [0.717, 1.165) is 49.9 Å². The molecule has 3 rings (SSSR count). The van der Waals surface area contributed by atoms with E-state index in [4.69, 9.17) is 4.74 Å². The lowest BCUT2D eigenvalue weighted by atomic mass is 10.3. The van der Waals surface area contributed by atoms with Gasteiger partial charge in [0, 0.05) is 18.0 Å². The minimum absolute atomic E-state index is 0.788. The smallest absolute Gasteiger partial charge is 0.150 e. The van der Waals surface area contributed by atoms with Gasteiger partial charge in [0.2, 0.25) is 0 Å². The number of rotatable bonds is 2. The summed E-state index contributed by atoms with van der Waals surface area (Å²) in [6.07, 6.45) is 1.06. The first-order chi connectivity index (χ1) is 8.78. The maximum Gasteiger partial charge on any atom is 0.150 e. The van der Waals surface area contributed by atoms with Crippen molar-refractivity contribution in [2.45, 2.75) is 20.3 Å². The van der Waals surface area contributed by atoms with Crippen molar-refractivity contribution in [2.24, 2.45) is 0 Å². The molecule has 1 fully saturated rings. The molecule has 1 aliphatic heterocycles. The number of nitrogens with zero attached hydrogens (tertiary/aromatic N) is 3. The first kappa shape index (κ1) is 11.9. The van der Waals surface area contributed by atoms with Crippen LogP contribution in [-0.2, 0) is 11.2 Å². The maximum atomic E-state index is 5.41. The molecule has 18 heavy (non-hydrogen) atoms. The van der Waals surface area contributed by atoms with Crippen molar-refractivity contribution < 1.29 is 4.74 Å². The number of fused-ring (bicyclic) bond motifs is 1. The van der Waals surface area contributed by atoms with Crippen LogP contribution in [0.4, 0.5) is 5.82 Å². The Labute approximate surface area is 111 Å². The van der Waals surface area contributed by atoms with Gasteiger partial charge in [-0.3, -0.25) is 0 Å². The lowest BCUT2D eigenvalue weighted by molar-refractivity contribution is 0.122. The zero-order valence-electron chi connectivity index (χ0n) is 10.8. The number of thiophene rings is 1. The third-order valence-corrected chi connectivity index (χ3v) is 4.44. The molecule has 2 aromatic heterocycles. The number of ether oxygens (including phenoxy) is 1. The molecule has 96 valence electrons. The third-order valence-electron chi connectivity index (χ3n) is 3.18. The van der Waals surface area contributed by atoms with Gasteiger partial charge in [0.1, 0.15) is 5.82 Å². The Morgan fingerprint density at radius 1 is 1.33 bits per heavy atom. The van der Waals surface area contributed by atoms with Crippen LogP contribution in [-0.4, -0.2) is 36.3 Å². The van der Waals surface area contributed by atoms with Gasteiger partial charge in [-0.25, -0.2) is 9.97 Å². The van der Waals surface area contributed by atoms with E-state index in [1.165, 1.54) is 9.58 Å². The highest BCUT2D eigenvalue weighted by Crippen LogP contribution is 2.32. The highest BCUT2D eigenvalue weighted by atomic mass is 32.1. The second-order valence-electron chi connectivity index (χ2n) is 4.47. The molecule has 2 aromatic rings. The molecule has 0 bridgehead atoms. The van der Waals surface area contributed by atoms with Gasteiger partial charge in [-0.1, -0.05) is 6.92 Å². The highest BCUT2D eigenvalue weighted by Gasteiger charge is 2.18. The minimum Gasteiger partial charge on any atom is -0.378 e. The molecule has 0 spiro atoms. The molecule has 4 nitrogen and oxygen atoms in total. The number of aromatic nitrogens is 2. The van der Waals surface area contributed by atoms with E-state index in [2.05, 4.69) is 27.9 Å². The van der Waals surface area contributed by atoms with Crippen LogP contribution in [0.3, 0.4) is 0 Å². The van der Waals surface area contributed by atoms with E-state index < -0.39 is 0 Å². The van der Waals surface area contributed by atoms with Gasteiger partial charge >= 0.3 is 0 Å². The second-order valence-corrected chi connectivity index (χ2v) is 5.61. The monoisotopic (exact) mass is 263 g/mol. The van der Waals surface area contributed by atoms with Crippen LogP contribution in [0.25, 0.3) is 10.2 Å². The van der Waals surface area contributed by atoms with Gasteiger partial charge in [-0.2, -0.15) is 0 Å². The number of morpholine rings is 1. The summed E-state index contributed by atoms with van der Waals surface area (Å²) in [6, 6.07) is 2.19. The van der Waals surface area contributed by atoms with Crippen LogP contribution in [0.1, 0.15) is 17.6 Å². The molecule has 0 aliphatic carbocycles. The molecular weight excluding hydrogens is 246 g/mol. The average Bonchev–Trinajstić information content (AvgIpc) is 2.81. The molecule has 0 N–H and O–H groups in total. The fourth-order valence-electron chi connectivity index (χ4n) is 2.24. The summed E-state index contributed by atoms with van der Waals surface area (Å²) in [5.41, 5.74) is 1.09. The summed E-state index contributed by atoms with van der Waals surface area (Å²) in [5, 5.41) is 0. The van der Waals surface area contributed by atoms with Crippen molar-refractivity contribution in [1.82, 2.24) is 9.97 Å². The van der Waals surface area contributed by atoms with Crippen LogP contribution in [0.2, 0.25) is 0 Å². The van der Waals surface area contributed by atoms with E-state index in [0.29, 0.717) is 0 Å². The predicted octanol–water partition coefficient (Wildman–Crippen LogP) is 2.40. The highest BCUT2D eigenvalue weighted by molar-refractivity contribution is 7.19. The summed E-state index contributed by atoms with van der Waals surface area (Å²) in [5.74, 6) is 1.94. The number of hydrogen-bond donors (Lipinski definition) is 0. The molecular formula is C13H17N3OS. The molecule has 0 amide bonds. The predicted molar refractivity (Wildman–Crippen MR) is 74.6 cm³/mol. The third kappa shape index (κ3) is 2.08. The summed E-state index contributed by atoms with van der Waals surface area (Å²) in [7, 11) is 0. The Bertz CT molecular complexity index is 561. The van der Waals surface area contributed by atoms with Crippen LogP contribution >= 0.6 is 11.3 Å². The van der Waals surface area contributed by atoms with Crippen molar-refractivity contribution in [3.05, 3.63) is 16.8 Å².